The van der Waals surface area contributed by atoms with E-state index >= 15 is 0 Å². The molecule has 0 aliphatic carbocycles. The van der Waals surface area contributed by atoms with E-state index in [4.69, 9.17) is 5.73 Å². The SMILES string of the molecule is NC(=O)CCNC(=O)c1ccc(F)c(NC(=O)c2cscn2)c1. The largest absolute Gasteiger partial charge is 0.370 e. The number of carbonyl (C=O) groups is 3. The van der Waals surface area contributed by atoms with Crippen molar-refractivity contribution in [3.05, 3.63) is 46.2 Å². The first-order chi connectivity index (χ1) is 11.0. The molecule has 1 aromatic heterocycles. The molecule has 120 valence electrons. The second-order valence-corrected chi connectivity index (χ2v) is 5.21. The number of carbonyl (C=O) groups excluding carboxylic acids is 3. The van der Waals surface area contributed by atoms with Gasteiger partial charge in [-0.3, -0.25) is 14.4 Å². The van der Waals surface area contributed by atoms with Crippen molar-refractivity contribution in [2.45, 2.75) is 6.42 Å². The average molecular weight is 336 g/mol. The van der Waals surface area contributed by atoms with Crippen LogP contribution in [0.4, 0.5) is 10.1 Å². The number of hydrogen-bond acceptors (Lipinski definition) is 5. The number of rotatable bonds is 6. The van der Waals surface area contributed by atoms with Crippen LogP contribution >= 0.6 is 11.3 Å². The van der Waals surface area contributed by atoms with Crippen molar-refractivity contribution in [2.75, 3.05) is 11.9 Å². The number of nitrogens with zero attached hydrogens (tertiary/aromatic N) is 1. The molecule has 23 heavy (non-hydrogen) atoms. The van der Waals surface area contributed by atoms with Crippen LogP contribution in [0.3, 0.4) is 0 Å². The molecule has 0 aliphatic rings. The Bertz CT molecular complexity index is 734. The van der Waals surface area contributed by atoms with Gasteiger partial charge >= 0.3 is 0 Å². The van der Waals surface area contributed by atoms with E-state index in [0.29, 0.717) is 0 Å². The highest BCUT2D eigenvalue weighted by Gasteiger charge is 2.14. The van der Waals surface area contributed by atoms with Gasteiger partial charge in [0.1, 0.15) is 11.5 Å². The Balaban J connectivity index is 2.07. The molecule has 0 saturated carbocycles. The maximum Gasteiger partial charge on any atom is 0.275 e. The van der Waals surface area contributed by atoms with E-state index in [-0.39, 0.29) is 29.9 Å². The monoisotopic (exact) mass is 336 g/mol. The van der Waals surface area contributed by atoms with Crippen molar-refractivity contribution in [2.24, 2.45) is 5.73 Å². The van der Waals surface area contributed by atoms with Gasteiger partial charge in [0, 0.05) is 23.9 Å². The van der Waals surface area contributed by atoms with E-state index in [1.54, 1.807) is 0 Å². The van der Waals surface area contributed by atoms with Crippen LogP contribution < -0.4 is 16.4 Å². The van der Waals surface area contributed by atoms with E-state index in [9.17, 15) is 18.8 Å². The zero-order valence-corrected chi connectivity index (χ0v) is 12.7. The molecule has 1 heterocycles. The van der Waals surface area contributed by atoms with Gasteiger partial charge < -0.3 is 16.4 Å². The predicted octanol–water partition coefficient (Wildman–Crippen LogP) is 1.14. The third kappa shape index (κ3) is 4.58. The quantitative estimate of drug-likeness (QED) is 0.734. The lowest BCUT2D eigenvalue weighted by molar-refractivity contribution is -0.117. The molecule has 0 aliphatic heterocycles. The van der Waals surface area contributed by atoms with Gasteiger partial charge in [0.25, 0.3) is 11.8 Å². The minimum Gasteiger partial charge on any atom is -0.370 e. The lowest BCUT2D eigenvalue weighted by Gasteiger charge is -2.08. The number of nitrogens with one attached hydrogen (secondary N) is 2. The smallest absolute Gasteiger partial charge is 0.275 e. The van der Waals surface area contributed by atoms with Crippen molar-refractivity contribution < 1.29 is 18.8 Å². The molecule has 0 bridgehead atoms. The maximum atomic E-state index is 13.8. The standard InChI is InChI=1S/C14H13FN4O3S/c15-9-2-1-8(13(21)17-4-3-12(16)20)5-10(9)19-14(22)11-6-23-7-18-11/h1-2,5-7H,3-4H2,(H2,16,20)(H,17,21)(H,19,22). The number of halogens is 1. The summed E-state index contributed by atoms with van der Waals surface area (Å²) in [7, 11) is 0. The number of hydrogen-bond donors (Lipinski definition) is 3. The molecule has 1 aromatic carbocycles. The summed E-state index contributed by atoms with van der Waals surface area (Å²) in [4.78, 5) is 38.2. The Labute approximate surface area is 134 Å². The normalized spacial score (nSPS) is 10.1. The number of thiazole rings is 1. The van der Waals surface area contributed by atoms with E-state index in [2.05, 4.69) is 15.6 Å². The van der Waals surface area contributed by atoms with Crippen molar-refractivity contribution in [3.8, 4) is 0 Å². The van der Waals surface area contributed by atoms with Crippen LogP contribution in [-0.2, 0) is 4.79 Å². The van der Waals surface area contributed by atoms with Gasteiger partial charge in [-0.15, -0.1) is 11.3 Å². The molecule has 0 atom stereocenters. The molecule has 0 unspecified atom stereocenters. The molecule has 2 rings (SSSR count). The minimum absolute atomic E-state index is 0.000350. The number of nitrogens with two attached hydrogens (primary N) is 1. The Morgan fingerprint density at radius 2 is 2.04 bits per heavy atom. The molecule has 0 fully saturated rings. The Kier molecular flexibility index (Phi) is 5.36. The molecule has 4 N–H and O–H groups in total. The summed E-state index contributed by atoms with van der Waals surface area (Å²) in [5.41, 5.74) is 6.62. The van der Waals surface area contributed by atoms with Crippen LogP contribution in [0.25, 0.3) is 0 Å². The number of primary amides is 1. The first-order valence-electron chi connectivity index (χ1n) is 6.53. The minimum atomic E-state index is -0.678. The maximum absolute atomic E-state index is 13.8. The Morgan fingerprint density at radius 1 is 1.26 bits per heavy atom. The second-order valence-electron chi connectivity index (χ2n) is 4.49. The first-order valence-corrected chi connectivity index (χ1v) is 7.47. The molecule has 2 aromatic rings. The fraction of sp³-hybridized carbons (Fsp3) is 0.143. The summed E-state index contributed by atoms with van der Waals surface area (Å²) >= 11 is 1.23. The third-order valence-electron chi connectivity index (χ3n) is 2.80. The highest BCUT2D eigenvalue weighted by atomic mass is 32.1. The molecule has 0 spiro atoms. The van der Waals surface area contributed by atoms with E-state index in [1.807, 2.05) is 0 Å². The zero-order chi connectivity index (χ0) is 16.8. The fourth-order valence-electron chi connectivity index (χ4n) is 1.67. The van der Waals surface area contributed by atoms with E-state index in [0.717, 1.165) is 6.07 Å². The molecule has 9 heteroatoms. The first kappa shape index (κ1) is 16.6. The van der Waals surface area contributed by atoms with Gasteiger partial charge in [-0.05, 0) is 18.2 Å². The number of anilines is 1. The summed E-state index contributed by atoms with van der Waals surface area (Å²) in [6.45, 7) is 0.0755. The molecule has 7 nitrogen and oxygen atoms in total. The molecule has 3 amide bonds. The molecule has 0 radical (unpaired) electrons. The van der Waals surface area contributed by atoms with E-state index in [1.165, 1.54) is 34.4 Å². The molecule has 0 saturated heterocycles. The fourth-order valence-corrected chi connectivity index (χ4v) is 2.21. The summed E-state index contributed by atoms with van der Waals surface area (Å²) in [5, 5.41) is 6.35. The van der Waals surface area contributed by atoms with Crippen molar-refractivity contribution >= 4 is 34.7 Å². The van der Waals surface area contributed by atoms with Crippen molar-refractivity contribution in [1.29, 1.82) is 0 Å². The van der Waals surface area contributed by atoms with Gasteiger partial charge in [-0.25, -0.2) is 9.37 Å². The highest BCUT2D eigenvalue weighted by Crippen LogP contribution is 2.17. The Hall–Kier alpha value is -2.81. The predicted molar refractivity (Wildman–Crippen MR) is 82.6 cm³/mol. The summed E-state index contributed by atoms with van der Waals surface area (Å²) < 4.78 is 13.8. The zero-order valence-electron chi connectivity index (χ0n) is 11.8. The number of benzene rings is 1. The van der Waals surface area contributed by atoms with Crippen molar-refractivity contribution in [3.63, 3.8) is 0 Å². The molecular formula is C14H13FN4O3S. The summed E-state index contributed by atoms with van der Waals surface area (Å²) in [6.07, 6.45) is 0.000350. The van der Waals surface area contributed by atoms with Crippen LogP contribution in [0.2, 0.25) is 0 Å². The van der Waals surface area contributed by atoms with Gasteiger partial charge in [0.15, 0.2) is 0 Å². The lowest BCUT2D eigenvalue weighted by Crippen LogP contribution is -2.28. The van der Waals surface area contributed by atoms with Gasteiger partial charge in [-0.2, -0.15) is 0 Å². The third-order valence-corrected chi connectivity index (χ3v) is 3.39. The number of amides is 3. The van der Waals surface area contributed by atoms with E-state index < -0.39 is 23.5 Å². The lowest BCUT2D eigenvalue weighted by atomic mass is 10.1. The van der Waals surface area contributed by atoms with Gasteiger partial charge in [-0.1, -0.05) is 0 Å². The van der Waals surface area contributed by atoms with Crippen LogP contribution in [0, 0.1) is 5.82 Å². The average Bonchev–Trinajstić information content (AvgIpc) is 3.03. The van der Waals surface area contributed by atoms with Gasteiger partial charge in [0.05, 0.1) is 11.2 Å². The topological polar surface area (TPSA) is 114 Å². The number of aromatic nitrogens is 1. The van der Waals surface area contributed by atoms with Crippen LogP contribution in [0.1, 0.15) is 27.3 Å². The Morgan fingerprint density at radius 3 is 2.70 bits per heavy atom. The van der Waals surface area contributed by atoms with Crippen LogP contribution in [0.5, 0.6) is 0 Å². The van der Waals surface area contributed by atoms with Crippen molar-refractivity contribution in [1.82, 2.24) is 10.3 Å². The van der Waals surface area contributed by atoms with Crippen LogP contribution in [-0.4, -0.2) is 29.3 Å². The second kappa shape index (κ2) is 7.45. The van der Waals surface area contributed by atoms with Gasteiger partial charge in [0.2, 0.25) is 5.91 Å². The van der Waals surface area contributed by atoms with Crippen LogP contribution in [0.15, 0.2) is 29.1 Å². The summed E-state index contributed by atoms with van der Waals surface area (Å²) in [6, 6.07) is 3.55. The molecular weight excluding hydrogens is 323 g/mol. The highest BCUT2D eigenvalue weighted by molar-refractivity contribution is 7.07. The summed E-state index contributed by atoms with van der Waals surface area (Å²) in [5.74, 6) is -2.30.